The molecule has 0 unspecified atom stereocenters. The zero-order valence-electron chi connectivity index (χ0n) is 16.5. The molecule has 2 rings (SSSR count). The van der Waals surface area contributed by atoms with Gasteiger partial charge in [-0.3, -0.25) is 19.7 Å². The maximum Gasteiger partial charge on any atom is 0.305 e. The van der Waals surface area contributed by atoms with Crippen LogP contribution in [0, 0.1) is 10.1 Å². The average molecular weight is 386 g/mol. The standard InChI is InChI=1S/C21H26N2O5/c1-4-28-20(24)7-5-6-12-22-13-18(15(2)3)19(14-22)21(25)16-8-10-17(11-9-16)23(26)27/h8-11,13-15H,4-7,12H2,1-3H3. The van der Waals surface area contributed by atoms with Gasteiger partial charge in [-0.05, 0) is 43.4 Å². The van der Waals surface area contributed by atoms with Gasteiger partial charge in [-0.1, -0.05) is 13.8 Å². The van der Waals surface area contributed by atoms with Gasteiger partial charge >= 0.3 is 5.97 Å². The first-order valence-corrected chi connectivity index (χ1v) is 9.48. The quantitative estimate of drug-likeness (QED) is 0.197. The van der Waals surface area contributed by atoms with E-state index in [1.165, 1.54) is 24.3 Å². The summed E-state index contributed by atoms with van der Waals surface area (Å²) in [6.45, 7) is 6.92. The Labute approximate surface area is 164 Å². The van der Waals surface area contributed by atoms with Gasteiger partial charge in [0.05, 0.1) is 11.5 Å². The van der Waals surface area contributed by atoms with Crippen LogP contribution in [0.1, 0.15) is 67.4 Å². The number of esters is 1. The summed E-state index contributed by atoms with van der Waals surface area (Å²) in [7, 11) is 0. The molecule has 1 aromatic carbocycles. The van der Waals surface area contributed by atoms with Crippen LogP contribution in [0.15, 0.2) is 36.7 Å². The summed E-state index contributed by atoms with van der Waals surface area (Å²) in [6.07, 6.45) is 5.70. The van der Waals surface area contributed by atoms with Gasteiger partial charge in [-0.2, -0.15) is 0 Å². The van der Waals surface area contributed by atoms with E-state index in [0.29, 0.717) is 30.7 Å². The average Bonchev–Trinajstić information content (AvgIpc) is 3.09. The molecule has 7 heteroatoms. The third-order valence-electron chi connectivity index (χ3n) is 4.47. The van der Waals surface area contributed by atoms with E-state index in [9.17, 15) is 19.7 Å². The number of unbranched alkanes of at least 4 members (excludes halogenated alkanes) is 1. The first-order chi connectivity index (χ1) is 13.3. The van der Waals surface area contributed by atoms with Gasteiger partial charge in [0.15, 0.2) is 5.78 Å². The zero-order chi connectivity index (χ0) is 20.7. The maximum atomic E-state index is 12.9. The Morgan fingerprint density at radius 1 is 1.14 bits per heavy atom. The molecule has 1 aromatic heterocycles. The number of aryl methyl sites for hydroxylation is 1. The van der Waals surface area contributed by atoms with Crippen molar-refractivity contribution < 1.29 is 19.2 Å². The summed E-state index contributed by atoms with van der Waals surface area (Å²) in [5.41, 5.74) is 1.93. The van der Waals surface area contributed by atoms with Gasteiger partial charge in [-0.25, -0.2) is 0 Å². The van der Waals surface area contributed by atoms with Crippen molar-refractivity contribution in [3.8, 4) is 0 Å². The second-order valence-corrected chi connectivity index (χ2v) is 6.91. The third kappa shape index (κ3) is 5.52. The normalized spacial score (nSPS) is 10.9. The fraction of sp³-hybridized carbons (Fsp3) is 0.429. The minimum atomic E-state index is -0.486. The molecule has 0 aliphatic rings. The van der Waals surface area contributed by atoms with Crippen LogP contribution in [-0.2, 0) is 16.1 Å². The van der Waals surface area contributed by atoms with Crippen LogP contribution in [0.3, 0.4) is 0 Å². The van der Waals surface area contributed by atoms with Crippen molar-refractivity contribution in [1.82, 2.24) is 4.57 Å². The van der Waals surface area contributed by atoms with Crippen molar-refractivity contribution in [3.63, 3.8) is 0 Å². The zero-order valence-corrected chi connectivity index (χ0v) is 16.5. The van der Waals surface area contributed by atoms with Gasteiger partial charge in [-0.15, -0.1) is 0 Å². The Hall–Kier alpha value is -2.96. The highest BCUT2D eigenvalue weighted by atomic mass is 16.6. The van der Waals surface area contributed by atoms with Crippen molar-refractivity contribution in [2.75, 3.05) is 6.61 Å². The number of rotatable bonds is 10. The molecule has 0 radical (unpaired) electrons. The van der Waals surface area contributed by atoms with Gasteiger partial charge in [0.1, 0.15) is 0 Å². The smallest absolute Gasteiger partial charge is 0.305 e. The van der Waals surface area contributed by atoms with Crippen molar-refractivity contribution in [1.29, 1.82) is 0 Å². The predicted molar refractivity (Wildman–Crippen MR) is 106 cm³/mol. The number of carbonyl (C=O) groups excluding carboxylic acids is 2. The molecule has 1 heterocycles. The molecular weight excluding hydrogens is 360 g/mol. The number of carbonyl (C=O) groups is 2. The number of hydrogen-bond donors (Lipinski definition) is 0. The highest BCUT2D eigenvalue weighted by Crippen LogP contribution is 2.24. The molecule has 0 saturated carbocycles. The first-order valence-electron chi connectivity index (χ1n) is 9.48. The van der Waals surface area contributed by atoms with Crippen LogP contribution in [0.4, 0.5) is 5.69 Å². The lowest BCUT2D eigenvalue weighted by Crippen LogP contribution is -2.05. The van der Waals surface area contributed by atoms with Gasteiger partial charge in [0.2, 0.25) is 0 Å². The summed E-state index contributed by atoms with van der Waals surface area (Å²) in [5.74, 6) is -0.173. The molecule has 0 spiro atoms. The number of nitrogens with zero attached hydrogens (tertiary/aromatic N) is 2. The van der Waals surface area contributed by atoms with Crippen molar-refractivity contribution in [2.24, 2.45) is 0 Å². The number of non-ortho nitro benzene ring substituents is 1. The molecule has 0 fully saturated rings. The number of ether oxygens (including phenoxy) is 1. The number of nitro benzene ring substituents is 1. The van der Waals surface area contributed by atoms with E-state index >= 15 is 0 Å². The number of aromatic nitrogens is 1. The Kier molecular flexibility index (Phi) is 7.49. The van der Waals surface area contributed by atoms with E-state index in [4.69, 9.17) is 4.74 Å². The largest absolute Gasteiger partial charge is 0.466 e. The summed E-state index contributed by atoms with van der Waals surface area (Å²) >= 11 is 0. The lowest BCUT2D eigenvalue weighted by atomic mass is 9.96. The highest BCUT2D eigenvalue weighted by molar-refractivity contribution is 6.10. The monoisotopic (exact) mass is 386 g/mol. The number of ketones is 1. The lowest BCUT2D eigenvalue weighted by Gasteiger charge is -2.06. The van der Waals surface area contributed by atoms with E-state index in [2.05, 4.69) is 0 Å². The topological polar surface area (TPSA) is 91.4 Å². The third-order valence-corrected chi connectivity index (χ3v) is 4.47. The molecule has 0 atom stereocenters. The molecule has 0 saturated heterocycles. The van der Waals surface area contributed by atoms with Gasteiger partial charge in [0.25, 0.3) is 5.69 Å². The summed E-state index contributed by atoms with van der Waals surface area (Å²) in [4.78, 5) is 34.6. The molecule has 0 aliphatic heterocycles. The fourth-order valence-corrected chi connectivity index (χ4v) is 2.99. The van der Waals surface area contributed by atoms with Crippen LogP contribution < -0.4 is 0 Å². The Morgan fingerprint density at radius 3 is 2.39 bits per heavy atom. The fourth-order valence-electron chi connectivity index (χ4n) is 2.99. The molecule has 0 N–H and O–H groups in total. The molecule has 0 amide bonds. The van der Waals surface area contributed by atoms with E-state index in [1.807, 2.05) is 30.8 Å². The molecule has 0 bridgehead atoms. The SMILES string of the molecule is CCOC(=O)CCCCn1cc(C(=O)c2ccc([N+](=O)[O-])cc2)c(C(C)C)c1. The Bertz CT molecular complexity index is 837. The van der Waals surface area contributed by atoms with Crippen molar-refractivity contribution in [3.05, 3.63) is 63.5 Å². The first kappa shape index (κ1) is 21.3. The second kappa shape index (κ2) is 9.82. The minimum absolute atomic E-state index is 0.0418. The van der Waals surface area contributed by atoms with E-state index < -0.39 is 4.92 Å². The predicted octanol–water partition coefficient (Wildman–Crippen LogP) is 4.48. The van der Waals surface area contributed by atoms with Crippen LogP contribution in [-0.4, -0.2) is 27.8 Å². The molecular formula is C21H26N2O5. The molecule has 0 aliphatic carbocycles. The van der Waals surface area contributed by atoms with E-state index in [1.54, 1.807) is 6.92 Å². The maximum absolute atomic E-state index is 12.9. The van der Waals surface area contributed by atoms with E-state index in [-0.39, 0.29) is 23.4 Å². The van der Waals surface area contributed by atoms with Crippen LogP contribution in [0.25, 0.3) is 0 Å². The molecule has 150 valence electrons. The second-order valence-electron chi connectivity index (χ2n) is 6.91. The molecule has 2 aromatic rings. The minimum Gasteiger partial charge on any atom is -0.466 e. The van der Waals surface area contributed by atoms with Crippen LogP contribution >= 0.6 is 0 Å². The summed E-state index contributed by atoms with van der Waals surface area (Å²) in [6, 6.07) is 5.66. The van der Waals surface area contributed by atoms with Gasteiger partial charge in [0, 0.05) is 48.6 Å². The Morgan fingerprint density at radius 2 is 1.82 bits per heavy atom. The number of hydrogen-bond acceptors (Lipinski definition) is 5. The Balaban J connectivity index is 2.10. The molecule has 7 nitrogen and oxygen atoms in total. The van der Waals surface area contributed by atoms with Crippen molar-refractivity contribution >= 4 is 17.4 Å². The highest BCUT2D eigenvalue weighted by Gasteiger charge is 2.19. The lowest BCUT2D eigenvalue weighted by molar-refractivity contribution is -0.384. The summed E-state index contributed by atoms with van der Waals surface area (Å²) < 4.78 is 6.89. The van der Waals surface area contributed by atoms with Crippen molar-refractivity contribution in [2.45, 2.75) is 52.5 Å². The van der Waals surface area contributed by atoms with E-state index in [0.717, 1.165) is 18.4 Å². The molecule has 28 heavy (non-hydrogen) atoms. The number of nitro groups is 1. The number of benzene rings is 1. The van der Waals surface area contributed by atoms with Gasteiger partial charge < -0.3 is 9.30 Å². The summed E-state index contributed by atoms with van der Waals surface area (Å²) in [5, 5.41) is 10.8. The van der Waals surface area contributed by atoms with Crippen LogP contribution in [0.2, 0.25) is 0 Å². The van der Waals surface area contributed by atoms with Crippen LogP contribution in [0.5, 0.6) is 0 Å².